The van der Waals surface area contributed by atoms with E-state index in [1.807, 2.05) is 36.4 Å². The molecule has 142 valence electrons. The van der Waals surface area contributed by atoms with Crippen LogP contribution in [0.1, 0.15) is 23.2 Å². The minimum absolute atomic E-state index is 0.0910. The van der Waals surface area contributed by atoms with Crippen molar-refractivity contribution in [2.24, 2.45) is 0 Å². The molecule has 4 rings (SSSR count). The van der Waals surface area contributed by atoms with Gasteiger partial charge in [-0.1, -0.05) is 18.2 Å². The molecule has 3 aromatic rings. The Labute approximate surface area is 165 Å². The zero-order valence-corrected chi connectivity index (χ0v) is 16.0. The second-order valence-corrected chi connectivity index (χ2v) is 7.03. The minimum Gasteiger partial charge on any atom is -0.372 e. The Bertz CT molecular complexity index is 934. The Balaban J connectivity index is 1.47. The summed E-state index contributed by atoms with van der Waals surface area (Å²) >= 11 is 0. The number of amides is 1. The number of rotatable bonds is 5. The highest BCUT2D eigenvalue weighted by Crippen LogP contribution is 2.24. The Morgan fingerprint density at radius 1 is 0.964 bits per heavy atom. The van der Waals surface area contributed by atoms with Crippen LogP contribution in [0.3, 0.4) is 0 Å². The van der Waals surface area contributed by atoms with Crippen LogP contribution >= 0.6 is 0 Å². The number of aromatic nitrogens is 1. The van der Waals surface area contributed by atoms with E-state index in [1.165, 1.54) is 18.5 Å². The predicted octanol–water partition coefficient (Wildman–Crippen LogP) is 4.70. The van der Waals surface area contributed by atoms with Crippen LogP contribution < -0.4 is 15.1 Å². The monoisotopic (exact) mass is 372 g/mol. The summed E-state index contributed by atoms with van der Waals surface area (Å²) in [4.78, 5) is 21.1. The molecule has 2 heterocycles. The molecule has 28 heavy (non-hydrogen) atoms. The highest BCUT2D eigenvalue weighted by atomic mass is 16.2. The molecule has 2 aromatic carbocycles. The zero-order valence-electron chi connectivity index (χ0n) is 16.0. The largest absolute Gasteiger partial charge is 0.372 e. The van der Waals surface area contributed by atoms with Gasteiger partial charge in [-0.3, -0.25) is 9.78 Å². The predicted molar refractivity (Wildman–Crippen MR) is 115 cm³/mol. The highest BCUT2D eigenvalue weighted by Gasteiger charge is 2.15. The standard InChI is InChI=1S/C23H24N4O/c1-26(21-7-3-2-4-8-21)23(28)18-15-20(17-24-16-18)25-19-9-11-22(12-10-19)27-13-5-6-14-27/h2-4,7-12,15-17,25H,5-6,13-14H2,1H3. The van der Waals surface area contributed by atoms with Gasteiger partial charge in [-0.05, 0) is 55.3 Å². The molecule has 1 N–H and O–H groups in total. The summed E-state index contributed by atoms with van der Waals surface area (Å²) < 4.78 is 0. The number of pyridine rings is 1. The van der Waals surface area contributed by atoms with E-state index in [1.54, 1.807) is 24.3 Å². The van der Waals surface area contributed by atoms with Gasteiger partial charge in [0.2, 0.25) is 0 Å². The number of nitrogens with zero attached hydrogens (tertiary/aromatic N) is 3. The summed E-state index contributed by atoms with van der Waals surface area (Å²) in [6.07, 6.45) is 5.87. The van der Waals surface area contributed by atoms with Crippen molar-refractivity contribution in [3.8, 4) is 0 Å². The lowest BCUT2D eigenvalue weighted by molar-refractivity contribution is 0.0992. The summed E-state index contributed by atoms with van der Waals surface area (Å²) in [6.45, 7) is 2.27. The number of hydrogen-bond donors (Lipinski definition) is 1. The van der Waals surface area contributed by atoms with Gasteiger partial charge in [0, 0.05) is 43.4 Å². The Morgan fingerprint density at radius 3 is 2.39 bits per heavy atom. The quantitative estimate of drug-likeness (QED) is 0.705. The van der Waals surface area contributed by atoms with Gasteiger partial charge in [0.25, 0.3) is 5.91 Å². The van der Waals surface area contributed by atoms with Crippen molar-refractivity contribution < 1.29 is 4.79 Å². The first-order valence-corrected chi connectivity index (χ1v) is 9.61. The average Bonchev–Trinajstić information content (AvgIpc) is 3.29. The summed E-state index contributed by atoms with van der Waals surface area (Å²) in [5, 5.41) is 3.34. The molecule has 0 atom stereocenters. The molecular formula is C23H24N4O. The molecule has 5 nitrogen and oxygen atoms in total. The van der Waals surface area contributed by atoms with Crippen LogP contribution in [0.25, 0.3) is 0 Å². The van der Waals surface area contributed by atoms with Crippen LogP contribution in [-0.4, -0.2) is 31.0 Å². The molecule has 0 spiro atoms. The number of carbonyl (C=O) groups is 1. The van der Waals surface area contributed by atoms with Gasteiger partial charge < -0.3 is 15.1 Å². The van der Waals surface area contributed by atoms with Gasteiger partial charge in [0.1, 0.15) is 0 Å². The molecule has 0 aliphatic carbocycles. The fraction of sp³-hybridized carbons (Fsp3) is 0.217. The molecule has 0 bridgehead atoms. The average molecular weight is 372 g/mol. The van der Waals surface area contributed by atoms with Gasteiger partial charge in [0.15, 0.2) is 0 Å². The van der Waals surface area contributed by atoms with Crippen LogP contribution in [0, 0.1) is 0 Å². The van der Waals surface area contributed by atoms with Crippen molar-refractivity contribution in [2.45, 2.75) is 12.8 Å². The van der Waals surface area contributed by atoms with E-state index in [-0.39, 0.29) is 5.91 Å². The molecule has 0 unspecified atom stereocenters. The maximum Gasteiger partial charge on any atom is 0.259 e. The number of nitrogens with one attached hydrogen (secondary N) is 1. The van der Waals surface area contributed by atoms with E-state index >= 15 is 0 Å². The topological polar surface area (TPSA) is 48.5 Å². The van der Waals surface area contributed by atoms with E-state index in [9.17, 15) is 4.79 Å². The van der Waals surface area contributed by atoms with Gasteiger partial charge in [0.05, 0.1) is 17.4 Å². The summed E-state index contributed by atoms with van der Waals surface area (Å²) in [6, 6.07) is 19.8. The third-order valence-electron chi connectivity index (χ3n) is 5.06. The van der Waals surface area contributed by atoms with Gasteiger partial charge in [-0.15, -0.1) is 0 Å². The van der Waals surface area contributed by atoms with Gasteiger partial charge in [-0.2, -0.15) is 0 Å². The molecule has 5 heteroatoms. The van der Waals surface area contributed by atoms with Crippen LogP contribution in [0.4, 0.5) is 22.7 Å². The van der Waals surface area contributed by atoms with Crippen LogP contribution in [0.5, 0.6) is 0 Å². The van der Waals surface area contributed by atoms with E-state index in [0.717, 1.165) is 30.2 Å². The Hall–Kier alpha value is -3.34. The van der Waals surface area contributed by atoms with E-state index in [2.05, 4.69) is 39.5 Å². The third kappa shape index (κ3) is 3.98. The zero-order chi connectivity index (χ0) is 19.3. The summed E-state index contributed by atoms with van der Waals surface area (Å²) in [5.41, 5.74) is 4.43. The van der Waals surface area contributed by atoms with Crippen molar-refractivity contribution >= 4 is 28.7 Å². The first-order valence-electron chi connectivity index (χ1n) is 9.61. The molecule has 1 aliphatic heterocycles. The third-order valence-corrected chi connectivity index (χ3v) is 5.06. The molecule has 1 amide bonds. The number of anilines is 4. The summed E-state index contributed by atoms with van der Waals surface area (Å²) in [7, 11) is 1.77. The van der Waals surface area contributed by atoms with E-state index in [0.29, 0.717) is 5.56 Å². The fourth-order valence-corrected chi connectivity index (χ4v) is 3.49. The number of hydrogen-bond acceptors (Lipinski definition) is 4. The fourth-order valence-electron chi connectivity index (χ4n) is 3.49. The highest BCUT2D eigenvalue weighted by molar-refractivity contribution is 6.06. The van der Waals surface area contributed by atoms with Crippen molar-refractivity contribution in [3.63, 3.8) is 0 Å². The lowest BCUT2D eigenvalue weighted by atomic mass is 10.2. The lowest BCUT2D eigenvalue weighted by Crippen LogP contribution is -2.26. The van der Waals surface area contributed by atoms with Gasteiger partial charge >= 0.3 is 0 Å². The first kappa shape index (κ1) is 18.0. The molecule has 1 aromatic heterocycles. The molecular weight excluding hydrogens is 348 g/mol. The van der Waals surface area contributed by atoms with E-state index < -0.39 is 0 Å². The number of carbonyl (C=O) groups excluding carboxylic acids is 1. The maximum absolute atomic E-state index is 12.8. The number of para-hydroxylation sites is 1. The van der Waals surface area contributed by atoms with Crippen molar-refractivity contribution in [3.05, 3.63) is 78.6 Å². The van der Waals surface area contributed by atoms with Crippen LogP contribution in [0.2, 0.25) is 0 Å². The van der Waals surface area contributed by atoms with Crippen molar-refractivity contribution in [1.29, 1.82) is 0 Å². The van der Waals surface area contributed by atoms with Crippen molar-refractivity contribution in [1.82, 2.24) is 4.98 Å². The minimum atomic E-state index is -0.0910. The van der Waals surface area contributed by atoms with Gasteiger partial charge in [-0.25, -0.2) is 0 Å². The second-order valence-electron chi connectivity index (χ2n) is 7.03. The normalized spacial score (nSPS) is 13.4. The second kappa shape index (κ2) is 8.13. The van der Waals surface area contributed by atoms with Crippen LogP contribution in [0.15, 0.2) is 73.1 Å². The maximum atomic E-state index is 12.8. The lowest BCUT2D eigenvalue weighted by Gasteiger charge is -2.18. The molecule has 0 radical (unpaired) electrons. The van der Waals surface area contributed by atoms with E-state index in [4.69, 9.17) is 0 Å². The van der Waals surface area contributed by atoms with Crippen LogP contribution in [-0.2, 0) is 0 Å². The molecule has 1 saturated heterocycles. The Morgan fingerprint density at radius 2 is 1.68 bits per heavy atom. The Kier molecular flexibility index (Phi) is 5.24. The first-order chi connectivity index (χ1) is 13.7. The molecule has 1 fully saturated rings. The molecule has 0 saturated carbocycles. The number of benzene rings is 2. The van der Waals surface area contributed by atoms with Crippen molar-refractivity contribution in [2.75, 3.05) is 35.3 Å². The smallest absolute Gasteiger partial charge is 0.259 e. The molecule has 1 aliphatic rings. The summed E-state index contributed by atoms with van der Waals surface area (Å²) in [5.74, 6) is -0.0910. The SMILES string of the molecule is CN(C(=O)c1cncc(Nc2ccc(N3CCCC3)cc2)c1)c1ccccc1.